The number of nitrogens with two attached hydrogens (primary N) is 1. The minimum absolute atomic E-state index is 0.0641. The van der Waals surface area contributed by atoms with Crippen molar-refractivity contribution in [2.24, 2.45) is 0 Å². The highest BCUT2D eigenvalue weighted by Gasteiger charge is 2.15. The van der Waals surface area contributed by atoms with E-state index in [1.54, 1.807) is 0 Å². The fraction of sp³-hybridized carbons (Fsp3) is 0.538. The van der Waals surface area contributed by atoms with Gasteiger partial charge in [-0.1, -0.05) is 12.8 Å². The van der Waals surface area contributed by atoms with Crippen molar-refractivity contribution in [2.45, 2.75) is 31.8 Å². The predicted octanol–water partition coefficient (Wildman–Crippen LogP) is 1.73. The summed E-state index contributed by atoms with van der Waals surface area (Å²) in [4.78, 5) is 15.0. The average Bonchev–Trinajstić information content (AvgIpc) is 2.89. The first-order valence-electron chi connectivity index (χ1n) is 6.51. The number of aromatic nitrogens is 1. The lowest BCUT2D eigenvalue weighted by Crippen LogP contribution is -2.17. The third-order valence-electron chi connectivity index (χ3n) is 3.27. The number of carbonyl (C=O) groups is 1. The van der Waals surface area contributed by atoms with E-state index in [1.165, 1.54) is 25.1 Å². The number of anilines is 2. The van der Waals surface area contributed by atoms with Gasteiger partial charge in [0, 0.05) is 12.7 Å². The number of nitrogens with one attached hydrogen (secondary N) is 1. The number of carboxylic acids is 1. The van der Waals surface area contributed by atoms with Crippen molar-refractivity contribution in [1.29, 1.82) is 0 Å². The second-order valence-corrected chi connectivity index (χ2v) is 4.63. The molecular weight excluding hydrogens is 246 g/mol. The van der Waals surface area contributed by atoms with Crippen LogP contribution in [0.5, 0.6) is 0 Å². The highest BCUT2D eigenvalue weighted by molar-refractivity contribution is 5.96. The van der Waals surface area contributed by atoms with Crippen molar-refractivity contribution >= 4 is 17.5 Å². The van der Waals surface area contributed by atoms with E-state index in [1.807, 2.05) is 0 Å². The number of aromatic carboxylic acids is 1. The number of nitrogens with zero attached hydrogens (tertiary/aromatic N) is 1. The summed E-state index contributed by atoms with van der Waals surface area (Å²) in [5.41, 5.74) is 5.97. The van der Waals surface area contributed by atoms with Crippen LogP contribution in [0, 0.1) is 0 Å². The summed E-state index contributed by atoms with van der Waals surface area (Å²) in [6.45, 7) is 1.14. The van der Waals surface area contributed by atoms with Crippen LogP contribution in [0.25, 0.3) is 0 Å². The van der Waals surface area contributed by atoms with Crippen molar-refractivity contribution in [2.75, 3.05) is 24.2 Å². The van der Waals surface area contributed by atoms with Gasteiger partial charge in [0.2, 0.25) is 0 Å². The van der Waals surface area contributed by atoms with Gasteiger partial charge >= 0.3 is 5.97 Å². The highest BCUT2D eigenvalue weighted by atomic mass is 16.5. The van der Waals surface area contributed by atoms with Gasteiger partial charge in [0.05, 0.1) is 24.0 Å². The van der Waals surface area contributed by atoms with Crippen LogP contribution in [0.15, 0.2) is 12.3 Å². The molecule has 0 unspecified atom stereocenters. The Bertz CT molecular complexity index is 445. The number of hydrogen-bond donors (Lipinski definition) is 3. The van der Waals surface area contributed by atoms with Crippen LogP contribution in [0.1, 0.15) is 36.0 Å². The molecule has 1 aliphatic carbocycles. The average molecular weight is 265 g/mol. The Hall–Kier alpha value is -1.82. The van der Waals surface area contributed by atoms with Crippen LogP contribution in [0.4, 0.5) is 11.5 Å². The summed E-state index contributed by atoms with van der Waals surface area (Å²) in [5.74, 6) is -0.653. The van der Waals surface area contributed by atoms with Crippen molar-refractivity contribution < 1.29 is 14.6 Å². The summed E-state index contributed by atoms with van der Waals surface area (Å²) in [6.07, 6.45) is 6.56. The lowest BCUT2D eigenvalue weighted by molar-refractivity contribution is 0.0658. The number of hydrogen-bond acceptors (Lipinski definition) is 5. The molecule has 2 rings (SSSR count). The van der Waals surface area contributed by atoms with Gasteiger partial charge < -0.3 is 20.9 Å². The van der Waals surface area contributed by atoms with Gasteiger partial charge in [-0.3, -0.25) is 0 Å². The van der Waals surface area contributed by atoms with E-state index in [9.17, 15) is 4.79 Å². The van der Waals surface area contributed by atoms with Crippen LogP contribution >= 0.6 is 0 Å². The van der Waals surface area contributed by atoms with Gasteiger partial charge in [-0.05, 0) is 18.9 Å². The maximum atomic E-state index is 10.9. The molecule has 0 aromatic carbocycles. The molecule has 1 aromatic rings. The normalized spacial score (nSPS) is 15.6. The zero-order valence-electron chi connectivity index (χ0n) is 10.8. The summed E-state index contributed by atoms with van der Waals surface area (Å²) in [5, 5.41) is 12.0. The third-order valence-corrected chi connectivity index (χ3v) is 3.27. The highest BCUT2D eigenvalue weighted by Crippen LogP contribution is 2.21. The Morgan fingerprint density at radius 3 is 2.95 bits per heavy atom. The van der Waals surface area contributed by atoms with Crippen LogP contribution in [-0.2, 0) is 4.74 Å². The smallest absolute Gasteiger partial charge is 0.337 e. The summed E-state index contributed by atoms with van der Waals surface area (Å²) < 4.78 is 5.69. The maximum absolute atomic E-state index is 10.9. The van der Waals surface area contributed by atoms with E-state index >= 15 is 0 Å². The summed E-state index contributed by atoms with van der Waals surface area (Å²) >= 11 is 0. The Labute approximate surface area is 112 Å². The van der Waals surface area contributed by atoms with E-state index in [2.05, 4.69) is 10.3 Å². The van der Waals surface area contributed by atoms with E-state index < -0.39 is 5.97 Å². The number of rotatable bonds is 6. The first-order chi connectivity index (χ1) is 9.18. The lowest BCUT2D eigenvalue weighted by Gasteiger charge is -2.13. The molecule has 0 spiro atoms. The number of ether oxygens (including phenoxy) is 1. The molecule has 0 bridgehead atoms. The molecule has 1 aromatic heterocycles. The lowest BCUT2D eigenvalue weighted by atomic mass is 10.2. The van der Waals surface area contributed by atoms with Gasteiger partial charge in [-0.25, -0.2) is 9.78 Å². The standard InChI is InChI=1S/C13H19N3O3/c14-11-10(13(17)18)5-6-15-12(11)16-7-8-19-9-3-1-2-4-9/h5-6,9H,1-4,7-8,14H2,(H,15,16)(H,17,18). The molecule has 0 atom stereocenters. The molecule has 19 heavy (non-hydrogen) atoms. The minimum Gasteiger partial charge on any atom is -0.478 e. The van der Waals surface area contributed by atoms with Crippen molar-refractivity contribution in [3.63, 3.8) is 0 Å². The van der Waals surface area contributed by atoms with Gasteiger partial charge in [-0.2, -0.15) is 0 Å². The Kier molecular flexibility index (Phi) is 4.57. The molecule has 6 heteroatoms. The van der Waals surface area contributed by atoms with Gasteiger partial charge in [0.25, 0.3) is 0 Å². The third kappa shape index (κ3) is 3.57. The molecule has 1 fully saturated rings. The summed E-state index contributed by atoms with van der Waals surface area (Å²) in [7, 11) is 0. The molecule has 0 amide bonds. The Morgan fingerprint density at radius 1 is 1.53 bits per heavy atom. The molecule has 0 radical (unpaired) electrons. The predicted molar refractivity (Wildman–Crippen MR) is 72.3 cm³/mol. The monoisotopic (exact) mass is 265 g/mol. The molecule has 1 heterocycles. The van der Waals surface area contributed by atoms with Gasteiger partial charge in [0.15, 0.2) is 0 Å². The molecule has 6 nitrogen and oxygen atoms in total. The molecule has 104 valence electrons. The van der Waals surface area contributed by atoms with Crippen molar-refractivity contribution in [3.05, 3.63) is 17.8 Å². The first kappa shape index (κ1) is 13.6. The zero-order chi connectivity index (χ0) is 13.7. The van der Waals surface area contributed by atoms with E-state index in [-0.39, 0.29) is 11.3 Å². The molecule has 0 saturated heterocycles. The molecule has 4 N–H and O–H groups in total. The minimum atomic E-state index is -1.05. The quantitative estimate of drug-likeness (QED) is 0.678. The summed E-state index contributed by atoms with van der Waals surface area (Å²) in [6, 6.07) is 1.39. The van der Waals surface area contributed by atoms with Crippen LogP contribution in [0.3, 0.4) is 0 Å². The Morgan fingerprint density at radius 2 is 2.26 bits per heavy atom. The second kappa shape index (κ2) is 6.38. The van der Waals surface area contributed by atoms with Crippen molar-refractivity contribution in [3.8, 4) is 0 Å². The number of nitrogen functional groups attached to an aromatic ring is 1. The van der Waals surface area contributed by atoms with Crippen LogP contribution in [0.2, 0.25) is 0 Å². The fourth-order valence-corrected chi connectivity index (χ4v) is 2.25. The topological polar surface area (TPSA) is 97.5 Å². The van der Waals surface area contributed by atoms with E-state index in [0.29, 0.717) is 25.1 Å². The van der Waals surface area contributed by atoms with Crippen LogP contribution < -0.4 is 11.1 Å². The second-order valence-electron chi connectivity index (χ2n) is 4.63. The maximum Gasteiger partial charge on any atom is 0.337 e. The number of carboxylic acid groups (broad SMARTS) is 1. The molecule has 1 aliphatic rings. The first-order valence-corrected chi connectivity index (χ1v) is 6.51. The van der Waals surface area contributed by atoms with E-state index in [4.69, 9.17) is 15.6 Å². The fourth-order valence-electron chi connectivity index (χ4n) is 2.25. The SMILES string of the molecule is Nc1c(C(=O)O)ccnc1NCCOC1CCCC1. The van der Waals surface area contributed by atoms with E-state index in [0.717, 1.165) is 12.8 Å². The Balaban J connectivity index is 1.82. The molecule has 1 saturated carbocycles. The van der Waals surface area contributed by atoms with Crippen LogP contribution in [-0.4, -0.2) is 35.3 Å². The largest absolute Gasteiger partial charge is 0.478 e. The number of pyridine rings is 1. The van der Waals surface area contributed by atoms with Gasteiger partial charge in [0.1, 0.15) is 5.82 Å². The zero-order valence-corrected chi connectivity index (χ0v) is 10.8. The van der Waals surface area contributed by atoms with Gasteiger partial charge in [-0.15, -0.1) is 0 Å². The van der Waals surface area contributed by atoms with Crippen molar-refractivity contribution in [1.82, 2.24) is 4.98 Å². The molecular formula is C13H19N3O3. The molecule has 0 aliphatic heterocycles.